The highest BCUT2D eigenvalue weighted by Crippen LogP contribution is 2.35. The van der Waals surface area contributed by atoms with Crippen molar-refractivity contribution in [1.29, 1.82) is 0 Å². The average molecular weight is 528 g/mol. The number of hydrogen-bond acceptors (Lipinski definition) is 9. The molecule has 0 bridgehead atoms. The third kappa shape index (κ3) is 4.40. The van der Waals surface area contributed by atoms with Crippen LogP contribution in [0.1, 0.15) is 11.7 Å². The minimum Gasteiger partial charge on any atom is -0.394 e. The van der Waals surface area contributed by atoms with Crippen LogP contribution in [-0.2, 0) is 26.2 Å². The van der Waals surface area contributed by atoms with Crippen molar-refractivity contribution in [2.24, 2.45) is 0 Å². The van der Waals surface area contributed by atoms with Crippen LogP contribution in [-0.4, -0.2) is 98.2 Å². The number of aromatic nitrogens is 6. The lowest BCUT2D eigenvalue weighted by molar-refractivity contribution is -0.212. The zero-order valence-corrected chi connectivity index (χ0v) is 19.5. The van der Waals surface area contributed by atoms with Gasteiger partial charge in [0.15, 0.2) is 17.5 Å². The minimum absolute atomic E-state index is 0.107. The van der Waals surface area contributed by atoms with Crippen LogP contribution in [0.15, 0.2) is 24.5 Å². The van der Waals surface area contributed by atoms with Crippen LogP contribution in [0.4, 0.5) is 17.6 Å². The summed E-state index contributed by atoms with van der Waals surface area (Å²) in [4.78, 5) is 0. The molecule has 5 atom stereocenters. The maximum Gasteiger partial charge on any atom is 0.195 e. The van der Waals surface area contributed by atoms with Gasteiger partial charge in [-0.25, -0.2) is 26.9 Å². The van der Waals surface area contributed by atoms with Gasteiger partial charge in [-0.2, -0.15) is 0 Å². The molecule has 0 spiro atoms. The highest BCUT2D eigenvalue weighted by molar-refractivity contribution is 5.58. The second-order valence-corrected chi connectivity index (χ2v) is 9.09. The average Bonchev–Trinajstić information content (AvgIpc) is 3.53. The summed E-state index contributed by atoms with van der Waals surface area (Å²) in [5, 5.41) is 36.7. The zero-order valence-electron chi connectivity index (χ0n) is 19.5. The Kier molecular flexibility index (Phi) is 6.97. The Hall–Kier alpha value is -2.98. The fraction of sp³-hybridized carbons (Fsp3) is 0.545. The van der Waals surface area contributed by atoms with E-state index in [1.54, 1.807) is 6.20 Å². The van der Waals surface area contributed by atoms with Crippen LogP contribution in [0.3, 0.4) is 0 Å². The summed E-state index contributed by atoms with van der Waals surface area (Å²) >= 11 is 0. The number of nitrogens with zero attached hydrogens (tertiary/aromatic N) is 6. The summed E-state index contributed by atoms with van der Waals surface area (Å²) < 4.78 is 74.3. The topological polar surface area (TPSA) is 130 Å². The molecule has 11 nitrogen and oxygen atoms in total. The van der Waals surface area contributed by atoms with E-state index in [2.05, 4.69) is 20.6 Å². The number of aliphatic hydroxyl groups is 2. The first kappa shape index (κ1) is 25.7. The molecular formula is C22H24F4N6O5. The summed E-state index contributed by atoms with van der Waals surface area (Å²) in [5.41, 5.74) is -0.891. The Balaban J connectivity index is 1.43. The summed E-state index contributed by atoms with van der Waals surface area (Å²) in [6, 6.07) is 0.820. The van der Waals surface area contributed by atoms with Gasteiger partial charge in [0.2, 0.25) is 0 Å². The monoisotopic (exact) mass is 528 g/mol. The van der Waals surface area contributed by atoms with E-state index in [9.17, 15) is 27.8 Å². The van der Waals surface area contributed by atoms with Crippen LogP contribution in [0.25, 0.3) is 11.3 Å². The van der Waals surface area contributed by atoms with Crippen LogP contribution in [0.5, 0.6) is 0 Å². The van der Waals surface area contributed by atoms with Gasteiger partial charge in [-0.1, -0.05) is 10.4 Å². The van der Waals surface area contributed by atoms with Crippen LogP contribution in [0, 0.1) is 17.5 Å². The largest absolute Gasteiger partial charge is 0.394 e. The number of ether oxygens (including phenoxy) is 3. The van der Waals surface area contributed by atoms with Gasteiger partial charge in [0.1, 0.15) is 42.3 Å². The lowest BCUT2D eigenvalue weighted by Gasteiger charge is -2.43. The van der Waals surface area contributed by atoms with Gasteiger partial charge in [-0.15, -0.1) is 10.2 Å². The maximum absolute atomic E-state index is 14.3. The number of alkyl halides is 1. The molecule has 15 heteroatoms. The number of aliphatic hydroxyl groups excluding tert-OH is 2. The molecule has 2 aliphatic heterocycles. The molecule has 2 saturated heterocycles. The number of hydrogen-bond donors (Lipinski definition) is 2. The Bertz CT molecular complexity index is 1250. The van der Waals surface area contributed by atoms with E-state index in [1.807, 2.05) is 0 Å². The van der Waals surface area contributed by atoms with Crippen molar-refractivity contribution in [2.75, 3.05) is 33.6 Å². The fourth-order valence-corrected chi connectivity index (χ4v) is 4.64. The molecule has 3 aromatic rings. The normalized spacial score (nSPS) is 27.3. The van der Waals surface area contributed by atoms with E-state index in [0.29, 0.717) is 5.69 Å². The van der Waals surface area contributed by atoms with Gasteiger partial charge in [0.25, 0.3) is 0 Å². The first-order valence-electron chi connectivity index (χ1n) is 11.4. The number of rotatable bonds is 8. The first-order valence-corrected chi connectivity index (χ1v) is 11.4. The number of methoxy groups -OCH3 is 1. The Morgan fingerprint density at radius 2 is 1.89 bits per heavy atom. The molecule has 1 aromatic carbocycles. The molecule has 37 heavy (non-hydrogen) atoms. The molecule has 5 rings (SSSR count). The lowest BCUT2D eigenvalue weighted by Crippen LogP contribution is -2.57. The van der Waals surface area contributed by atoms with Crippen molar-refractivity contribution < 1.29 is 42.0 Å². The zero-order chi connectivity index (χ0) is 26.3. The first-order chi connectivity index (χ1) is 17.8. The maximum atomic E-state index is 14.3. The number of halogens is 4. The van der Waals surface area contributed by atoms with Crippen LogP contribution in [0.2, 0.25) is 0 Å². The molecule has 2 aromatic heterocycles. The Morgan fingerprint density at radius 1 is 1.11 bits per heavy atom. The van der Waals surface area contributed by atoms with Gasteiger partial charge in [-0.3, -0.25) is 0 Å². The molecule has 2 fully saturated rings. The standard InChI is InChI=1S/C22H24F4N6O5/c1-35-21-15(4-11-5-32(30-27-11)22(8-23)9-36-10-22)37-16(7-33)20(34)19(21)31-6-14(28-29-31)12-2-3-13(24)18(26)17(12)25/h2-3,5-6,15-16,19-21,33-34H,4,7-10H2,1H3/t15-,16-,19+,20+,21+/m1/s1. The third-order valence-electron chi connectivity index (χ3n) is 6.79. The smallest absolute Gasteiger partial charge is 0.195 e. The SMILES string of the molecule is CO[C@@H]1[C@@H](n2cc(-c3ccc(F)c(F)c3F)nn2)[C@@H](O)[C@@H](CO)O[C@@H]1Cc1cn(C2(CF)COC2)nn1. The fourth-order valence-electron chi connectivity index (χ4n) is 4.64. The molecule has 0 radical (unpaired) electrons. The molecule has 2 aliphatic rings. The molecule has 4 heterocycles. The van der Waals surface area contributed by atoms with E-state index >= 15 is 0 Å². The van der Waals surface area contributed by atoms with Crippen LogP contribution >= 0.6 is 0 Å². The van der Waals surface area contributed by atoms with Crippen molar-refractivity contribution in [3.8, 4) is 11.3 Å². The van der Waals surface area contributed by atoms with Gasteiger partial charge in [0.05, 0.1) is 37.8 Å². The van der Waals surface area contributed by atoms with Crippen molar-refractivity contribution in [1.82, 2.24) is 30.0 Å². The second-order valence-electron chi connectivity index (χ2n) is 9.09. The lowest BCUT2D eigenvalue weighted by atomic mass is 9.90. The van der Waals surface area contributed by atoms with Crippen molar-refractivity contribution in [2.45, 2.75) is 42.4 Å². The van der Waals surface area contributed by atoms with Crippen molar-refractivity contribution >= 4 is 0 Å². The van der Waals surface area contributed by atoms with Gasteiger partial charge >= 0.3 is 0 Å². The molecule has 0 aliphatic carbocycles. The predicted molar refractivity (Wildman–Crippen MR) is 115 cm³/mol. The summed E-state index contributed by atoms with van der Waals surface area (Å²) in [7, 11) is 1.38. The van der Waals surface area contributed by atoms with E-state index in [4.69, 9.17) is 14.2 Å². The summed E-state index contributed by atoms with van der Waals surface area (Å²) in [5.74, 6) is -4.43. The quantitative estimate of drug-likeness (QED) is 0.318. The minimum atomic E-state index is -1.65. The Labute approximate surface area is 207 Å². The summed E-state index contributed by atoms with van der Waals surface area (Å²) in [6.45, 7) is -0.884. The molecular weight excluding hydrogens is 504 g/mol. The van der Waals surface area contributed by atoms with Crippen molar-refractivity contribution in [3.63, 3.8) is 0 Å². The van der Waals surface area contributed by atoms with E-state index in [1.165, 1.54) is 22.7 Å². The molecule has 2 N–H and O–H groups in total. The van der Waals surface area contributed by atoms with Crippen molar-refractivity contribution in [3.05, 3.63) is 47.7 Å². The van der Waals surface area contributed by atoms with Gasteiger partial charge in [0, 0.05) is 25.3 Å². The van der Waals surface area contributed by atoms with E-state index < -0.39 is 66.7 Å². The number of benzene rings is 1. The molecule has 200 valence electrons. The second kappa shape index (κ2) is 10.1. The molecule has 0 saturated carbocycles. The highest BCUT2D eigenvalue weighted by Gasteiger charge is 2.48. The van der Waals surface area contributed by atoms with Crippen LogP contribution < -0.4 is 0 Å². The summed E-state index contributed by atoms with van der Waals surface area (Å²) in [6.07, 6.45) is -1.06. The molecule has 0 amide bonds. The Morgan fingerprint density at radius 3 is 2.54 bits per heavy atom. The molecule has 0 unspecified atom stereocenters. The van der Waals surface area contributed by atoms with Gasteiger partial charge < -0.3 is 24.4 Å². The third-order valence-corrected chi connectivity index (χ3v) is 6.79. The van der Waals surface area contributed by atoms with E-state index in [-0.39, 0.29) is 30.9 Å². The van der Waals surface area contributed by atoms with Gasteiger partial charge in [-0.05, 0) is 12.1 Å². The van der Waals surface area contributed by atoms with E-state index in [0.717, 1.165) is 12.1 Å². The highest BCUT2D eigenvalue weighted by atomic mass is 19.2. The predicted octanol–water partition coefficient (Wildman–Crippen LogP) is 0.568.